The molecule has 2 N–H and O–H groups in total. The minimum absolute atomic E-state index is 0.123. The molecule has 7 heteroatoms. The smallest absolute Gasteiger partial charge is 0.281 e. The molecule has 26 heavy (non-hydrogen) atoms. The quantitative estimate of drug-likeness (QED) is 0.783. The van der Waals surface area contributed by atoms with E-state index in [1.807, 2.05) is 46.0 Å². The summed E-state index contributed by atoms with van der Waals surface area (Å²) in [5.74, 6) is 1.61. The molecule has 7 nitrogen and oxygen atoms in total. The maximum Gasteiger partial charge on any atom is 0.281 e. The number of hydrogen-bond acceptors (Lipinski definition) is 5. The molecular weight excluding hydrogens is 334 g/mol. The number of nitrogens with one attached hydrogen (secondary N) is 2. The van der Waals surface area contributed by atoms with Crippen molar-refractivity contribution >= 4 is 11.8 Å². The van der Waals surface area contributed by atoms with E-state index in [4.69, 9.17) is 14.0 Å². The monoisotopic (exact) mass is 362 g/mol. The van der Waals surface area contributed by atoms with Crippen LogP contribution in [0, 0.1) is 0 Å². The van der Waals surface area contributed by atoms with Crippen molar-refractivity contribution in [1.82, 2.24) is 5.16 Å². The van der Waals surface area contributed by atoms with Gasteiger partial charge in [-0.05, 0) is 18.2 Å². The van der Waals surface area contributed by atoms with E-state index in [1.165, 1.54) is 0 Å². The van der Waals surface area contributed by atoms with Crippen molar-refractivity contribution in [2.45, 2.75) is 32.7 Å². The van der Waals surface area contributed by atoms with E-state index in [1.54, 1.807) is 20.3 Å². The number of ether oxygens (including phenoxy) is 2. The molecule has 0 aliphatic carbocycles. The van der Waals surface area contributed by atoms with Gasteiger partial charge in [0, 0.05) is 17.0 Å². The maximum absolute atomic E-state index is 12.2. The molecule has 0 saturated heterocycles. The molecule has 1 amide bonds. The summed E-state index contributed by atoms with van der Waals surface area (Å²) in [7, 11) is 5.17. The summed E-state index contributed by atoms with van der Waals surface area (Å²) >= 11 is 0. The standard InChI is InChI=1S/C19H27N3O4/c1-19(2,3)16-10-18(26-21-16)20-17(23)12-22(4)11-13-7-8-14(24-5)15(9-13)25-6/h7-10H,11-12H2,1-6H3,(H,20,23)/p+1. The summed E-state index contributed by atoms with van der Waals surface area (Å²) in [6.07, 6.45) is 0. The van der Waals surface area contributed by atoms with Gasteiger partial charge in [0.2, 0.25) is 5.88 Å². The highest BCUT2D eigenvalue weighted by molar-refractivity contribution is 5.90. The van der Waals surface area contributed by atoms with Crippen molar-refractivity contribution < 1.29 is 23.7 Å². The average Bonchev–Trinajstić information content (AvgIpc) is 3.03. The first kappa shape index (κ1) is 19.8. The number of methoxy groups -OCH3 is 2. The van der Waals surface area contributed by atoms with Crippen LogP contribution in [0.25, 0.3) is 0 Å². The molecule has 0 aliphatic rings. The van der Waals surface area contributed by atoms with Crippen LogP contribution < -0.4 is 19.7 Å². The second-order valence-corrected chi connectivity index (χ2v) is 7.37. The molecule has 2 aromatic rings. The second kappa shape index (κ2) is 8.23. The van der Waals surface area contributed by atoms with Gasteiger partial charge in [-0.3, -0.25) is 10.1 Å². The number of nitrogens with zero attached hydrogens (tertiary/aromatic N) is 1. The largest absolute Gasteiger partial charge is 0.493 e. The zero-order chi connectivity index (χ0) is 19.3. The molecule has 0 fully saturated rings. The Morgan fingerprint density at radius 2 is 1.88 bits per heavy atom. The molecular formula is C19H28N3O4+. The number of hydrogen-bond donors (Lipinski definition) is 2. The lowest BCUT2D eigenvalue weighted by Crippen LogP contribution is -3.08. The van der Waals surface area contributed by atoms with E-state index in [2.05, 4.69) is 10.5 Å². The third-order valence-corrected chi connectivity index (χ3v) is 3.96. The zero-order valence-corrected chi connectivity index (χ0v) is 16.3. The molecule has 1 heterocycles. The van der Waals surface area contributed by atoms with Crippen molar-refractivity contribution in [3.05, 3.63) is 35.5 Å². The normalized spacial score (nSPS) is 12.5. The van der Waals surface area contributed by atoms with E-state index in [9.17, 15) is 4.79 Å². The highest BCUT2D eigenvalue weighted by Crippen LogP contribution is 2.27. The Bertz CT molecular complexity index is 749. The first-order valence-electron chi connectivity index (χ1n) is 8.52. The number of carbonyl (C=O) groups excluding carboxylic acids is 1. The number of amides is 1. The molecule has 1 aromatic carbocycles. The summed E-state index contributed by atoms with van der Waals surface area (Å²) < 4.78 is 15.8. The van der Waals surface area contributed by atoms with E-state index in [0.29, 0.717) is 30.5 Å². The Balaban J connectivity index is 1.92. The van der Waals surface area contributed by atoms with Crippen LogP contribution in [0.3, 0.4) is 0 Å². The van der Waals surface area contributed by atoms with Crippen LogP contribution in [0.4, 0.5) is 5.88 Å². The highest BCUT2D eigenvalue weighted by Gasteiger charge is 2.20. The van der Waals surface area contributed by atoms with Gasteiger partial charge < -0.3 is 18.9 Å². The molecule has 1 atom stereocenters. The third-order valence-electron chi connectivity index (χ3n) is 3.96. The Hall–Kier alpha value is -2.54. The van der Waals surface area contributed by atoms with Gasteiger partial charge in [-0.15, -0.1) is 0 Å². The third kappa shape index (κ3) is 5.23. The van der Waals surface area contributed by atoms with Gasteiger partial charge in [0.05, 0.1) is 27.0 Å². The molecule has 142 valence electrons. The molecule has 1 aromatic heterocycles. The Kier molecular flexibility index (Phi) is 6.26. The first-order chi connectivity index (χ1) is 12.2. The second-order valence-electron chi connectivity index (χ2n) is 7.37. The van der Waals surface area contributed by atoms with Gasteiger partial charge in [-0.1, -0.05) is 25.9 Å². The molecule has 0 bridgehead atoms. The maximum atomic E-state index is 12.2. The number of aromatic nitrogens is 1. The van der Waals surface area contributed by atoms with E-state index in [-0.39, 0.29) is 11.3 Å². The van der Waals surface area contributed by atoms with Crippen LogP contribution in [0.1, 0.15) is 32.0 Å². The van der Waals surface area contributed by atoms with Crippen molar-refractivity contribution in [1.29, 1.82) is 0 Å². The van der Waals surface area contributed by atoms with E-state index in [0.717, 1.165) is 16.2 Å². The summed E-state index contributed by atoms with van der Waals surface area (Å²) in [5.41, 5.74) is 1.74. The minimum Gasteiger partial charge on any atom is -0.493 e. The minimum atomic E-state index is -0.125. The highest BCUT2D eigenvalue weighted by atomic mass is 16.5. The summed E-state index contributed by atoms with van der Waals surface area (Å²) in [6, 6.07) is 7.52. The van der Waals surface area contributed by atoms with Gasteiger partial charge in [0.15, 0.2) is 18.0 Å². The van der Waals surface area contributed by atoms with Crippen LogP contribution in [0.15, 0.2) is 28.8 Å². The number of carbonyl (C=O) groups is 1. The summed E-state index contributed by atoms with van der Waals surface area (Å²) in [4.78, 5) is 13.3. The average molecular weight is 362 g/mol. The number of quaternary nitrogens is 1. The van der Waals surface area contributed by atoms with Crippen LogP contribution in [0.5, 0.6) is 11.5 Å². The molecule has 1 unspecified atom stereocenters. The number of likely N-dealkylation sites (N-methyl/N-ethyl adjacent to an activating group) is 1. The number of benzene rings is 1. The van der Waals surface area contributed by atoms with Crippen molar-refractivity contribution in [2.24, 2.45) is 0 Å². The lowest BCUT2D eigenvalue weighted by atomic mass is 9.92. The fourth-order valence-corrected chi connectivity index (χ4v) is 2.54. The lowest BCUT2D eigenvalue weighted by Gasteiger charge is -2.15. The topological polar surface area (TPSA) is 78.0 Å². The summed E-state index contributed by atoms with van der Waals surface area (Å²) in [5, 5.41) is 6.76. The van der Waals surface area contributed by atoms with Gasteiger partial charge in [-0.25, -0.2) is 0 Å². The molecule has 0 saturated carbocycles. The molecule has 0 spiro atoms. The first-order valence-corrected chi connectivity index (χ1v) is 8.52. The van der Waals surface area contributed by atoms with E-state index >= 15 is 0 Å². The van der Waals surface area contributed by atoms with Gasteiger partial charge in [0.1, 0.15) is 6.54 Å². The van der Waals surface area contributed by atoms with Crippen LogP contribution in [-0.4, -0.2) is 38.9 Å². The lowest BCUT2D eigenvalue weighted by molar-refractivity contribution is -0.885. The molecule has 2 rings (SSSR count). The fourth-order valence-electron chi connectivity index (χ4n) is 2.54. The van der Waals surface area contributed by atoms with Crippen LogP contribution in [-0.2, 0) is 16.8 Å². The number of rotatable bonds is 7. The zero-order valence-electron chi connectivity index (χ0n) is 16.3. The predicted molar refractivity (Wildman–Crippen MR) is 98.8 cm³/mol. The van der Waals surface area contributed by atoms with Crippen molar-refractivity contribution in [2.75, 3.05) is 33.1 Å². The van der Waals surface area contributed by atoms with E-state index < -0.39 is 0 Å². The Morgan fingerprint density at radius 3 is 2.46 bits per heavy atom. The van der Waals surface area contributed by atoms with Gasteiger partial charge in [-0.2, -0.15) is 0 Å². The predicted octanol–water partition coefficient (Wildman–Crippen LogP) is 1.64. The molecule has 0 aliphatic heterocycles. The fraction of sp³-hybridized carbons (Fsp3) is 0.474. The van der Waals surface area contributed by atoms with Gasteiger partial charge in [0.25, 0.3) is 5.91 Å². The number of anilines is 1. The Morgan fingerprint density at radius 1 is 1.19 bits per heavy atom. The van der Waals surface area contributed by atoms with Crippen LogP contribution >= 0.6 is 0 Å². The summed E-state index contributed by atoms with van der Waals surface area (Å²) in [6.45, 7) is 7.10. The SMILES string of the molecule is COc1ccc(C[NH+](C)CC(=O)Nc2cc(C(C)(C)C)no2)cc1OC. The molecule has 0 radical (unpaired) electrons. The van der Waals surface area contributed by atoms with Crippen LogP contribution in [0.2, 0.25) is 0 Å². The van der Waals surface area contributed by atoms with Gasteiger partial charge >= 0.3 is 0 Å². The Labute approximate surface area is 154 Å². The van der Waals surface area contributed by atoms with Crippen molar-refractivity contribution in [3.8, 4) is 11.5 Å². The van der Waals surface area contributed by atoms with Crippen molar-refractivity contribution in [3.63, 3.8) is 0 Å².